The molecule has 0 bridgehead atoms. The Kier molecular flexibility index (Phi) is 8.96. The summed E-state index contributed by atoms with van der Waals surface area (Å²) in [6.45, 7) is 3.75. The van der Waals surface area contributed by atoms with E-state index in [1.54, 1.807) is 13.0 Å². The smallest absolute Gasteiger partial charge is 0.326 e. The molecule has 3 aromatic carbocycles. The molecule has 0 heterocycles. The zero-order chi connectivity index (χ0) is 29.0. The molecule has 3 aromatic rings. The molecule has 8 nitrogen and oxygen atoms in total. The number of rotatable bonds is 10. The lowest BCUT2D eigenvalue weighted by Gasteiger charge is -2.24. The Balaban J connectivity index is 1.61. The second-order valence-corrected chi connectivity index (χ2v) is 12.6. The average Bonchev–Trinajstić information content (AvgIpc) is 2.82. The van der Waals surface area contributed by atoms with E-state index in [1.807, 2.05) is 19.1 Å². The molecule has 1 amide bonds. The minimum absolute atomic E-state index is 0.00797. The Morgan fingerprint density at radius 2 is 1.56 bits per heavy atom. The molecule has 0 atom stereocenters. The normalized spacial score (nSPS) is 12.2. The molecular weight excluding hydrogens is 555 g/mol. The topological polar surface area (TPSA) is 113 Å². The Labute approximate surface area is 226 Å². The van der Waals surface area contributed by atoms with Crippen LogP contribution in [0.25, 0.3) is 0 Å². The van der Waals surface area contributed by atoms with Crippen LogP contribution < -0.4 is 14.3 Å². The van der Waals surface area contributed by atoms with Crippen LogP contribution in [0.5, 0.6) is 0 Å². The lowest BCUT2D eigenvalue weighted by Crippen LogP contribution is -2.32. The SMILES string of the molecule is Cc1ccc(C)c(N(CCCC(=O)Nc2ccc(S(=O)(=O)Nc3cccc(C(F)(F)F)c3)cc2)S(C)(=O)=O)c1. The van der Waals surface area contributed by atoms with Crippen LogP contribution in [0.4, 0.5) is 30.2 Å². The summed E-state index contributed by atoms with van der Waals surface area (Å²) in [6.07, 6.45) is -3.27. The second-order valence-electron chi connectivity index (χ2n) is 8.99. The molecule has 2 N–H and O–H groups in total. The van der Waals surface area contributed by atoms with Gasteiger partial charge in [-0.1, -0.05) is 18.2 Å². The van der Waals surface area contributed by atoms with Crippen LogP contribution in [0.2, 0.25) is 0 Å². The molecule has 0 aliphatic heterocycles. The molecule has 0 saturated carbocycles. The summed E-state index contributed by atoms with van der Waals surface area (Å²) in [4.78, 5) is 12.2. The van der Waals surface area contributed by atoms with Crippen molar-refractivity contribution in [3.05, 3.63) is 83.4 Å². The molecule has 0 radical (unpaired) electrons. The minimum Gasteiger partial charge on any atom is -0.326 e. The van der Waals surface area contributed by atoms with Crippen molar-refractivity contribution in [2.75, 3.05) is 27.1 Å². The van der Waals surface area contributed by atoms with Crippen LogP contribution >= 0.6 is 0 Å². The number of anilines is 3. The fourth-order valence-corrected chi connectivity index (χ4v) is 5.81. The van der Waals surface area contributed by atoms with Gasteiger partial charge in [0.25, 0.3) is 10.0 Å². The molecule has 0 saturated heterocycles. The number of amides is 1. The number of carbonyl (C=O) groups is 1. The van der Waals surface area contributed by atoms with Gasteiger partial charge in [0.15, 0.2) is 0 Å². The Hall–Kier alpha value is -3.58. The summed E-state index contributed by atoms with van der Waals surface area (Å²) >= 11 is 0. The van der Waals surface area contributed by atoms with Gasteiger partial charge in [0.05, 0.1) is 22.4 Å². The van der Waals surface area contributed by atoms with Gasteiger partial charge in [-0.25, -0.2) is 16.8 Å². The van der Waals surface area contributed by atoms with E-state index in [0.717, 1.165) is 29.5 Å². The molecule has 0 aromatic heterocycles. The van der Waals surface area contributed by atoms with Gasteiger partial charge < -0.3 is 5.32 Å². The fraction of sp³-hybridized carbons (Fsp3) is 0.269. The molecule has 0 spiro atoms. The van der Waals surface area contributed by atoms with Gasteiger partial charge >= 0.3 is 6.18 Å². The molecule has 210 valence electrons. The van der Waals surface area contributed by atoms with E-state index < -0.39 is 37.7 Å². The highest BCUT2D eigenvalue weighted by Gasteiger charge is 2.30. The molecule has 39 heavy (non-hydrogen) atoms. The number of carbonyl (C=O) groups excluding carboxylic acids is 1. The van der Waals surface area contributed by atoms with Gasteiger partial charge in [0.1, 0.15) is 0 Å². The molecule has 0 aliphatic rings. The third kappa shape index (κ3) is 8.20. The molecular formula is C26H28F3N3O5S2. The second kappa shape index (κ2) is 11.7. The van der Waals surface area contributed by atoms with Crippen molar-refractivity contribution >= 4 is 43.0 Å². The van der Waals surface area contributed by atoms with Gasteiger partial charge in [0.2, 0.25) is 15.9 Å². The standard InChI is InChI=1S/C26H28F3N3O5S2/c1-18-9-10-19(2)24(16-18)32(38(3,34)35)15-5-8-25(33)30-21-11-13-23(14-12-21)39(36,37)31-22-7-4-6-20(17-22)26(27,28)29/h4,6-7,9-14,16-17,31H,5,8,15H2,1-3H3,(H,30,33). The average molecular weight is 584 g/mol. The maximum atomic E-state index is 12.9. The molecule has 0 fully saturated rings. The first-order chi connectivity index (χ1) is 18.1. The van der Waals surface area contributed by atoms with Gasteiger partial charge in [-0.15, -0.1) is 0 Å². The summed E-state index contributed by atoms with van der Waals surface area (Å²) in [5, 5.41) is 2.62. The summed E-state index contributed by atoms with van der Waals surface area (Å²) in [6, 6.07) is 14.4. The van der Waals surface area contributed by atoms with Crippen LogP contribution in [0, 0.1) is 13.8 Å². The predicted octanol–water partition coefficient (Wildman–Crippen LogP) is 5.31. The van der Waals surface area contributed by atoms with Crippen LogP contribution in [0.15, 0.2) is 71.6 Å². The number of hydrogen-bond donors (Lipinski definition) is 2. The number of halogens is 3. The largest absolute Gasteiger partial charge is 0.416 e. The maximum absolute atomic E-state index is 12.9. The highest BCUT2D eigenvalue weighted by atomic mass is 32.2. The van der Waals surface area contributed by atoms with Gasteiger partial charge in [0, 0.05) is 24.3 Å². The first kappa shape index (κ1) is 30.0. The van der Waals surface area contributed by atoms with Crippen molar-refractivity contribution in [1.82, 2.24) is 0 Å². The minimum atomic E-state index is -4.62. The van der Waals surface area contributed by atoms with E-state index in [-0.39, 0.29) is 30.0 Å². The number of sulfonamides is 2. The van der Waals surface area contributed by atoms with E-state index in [2.05, 4.69) is 10.0 Å². The van der Waals surface area contributed by atoms with Crippen molar-refractivity contribution in [3.8, 4) is 0 Å². The van der Waals surface area contributed by atoms with Crippen LogP contribution in [0.1, 0.15) is 29.5 Å². The van der Waals surface area contributed by atoms with Gasteiger partial charge in [-0.05, 0) is 79.9 Å². The highest BCUT2D eigenvalue weighted by molar-refractivity contribution is 7.92. The molecule has 0 aliphatic carbocycles. The van der Waals surface area contributed by atoms with E-state index in [1.165, 1.54) is 34.6 Å². The molecule has 3 rings (SSSR count). The van der Waals surface area contributed by atoms with E-state index in [0.29, 0.717) is 17.4 Å². The fourth-order valence-electron chi connectivity index (χ4n) is 3.75. The number of alkyl halides is 3. The first-order valence-corrected chi connectivity index (χ1v) is 15.0. The lowest BCUT2D eigenvalue weighted by atomic mass is 10.1. The summed E-state index contributed by atoms with van der Waals surface area (Å²) in [5.74, 6) is -0.401. The first-order valence-electron chi connectivity index (χ1n) is 11.7. The number of nitrogens with one attached hydrogen (secondary N) is 2. The lowest BCUT2D eigenvalue weighted by molar-refractivity contribution is -0.137. The Morgan fingerprint density at radius 3 is 2.18 bits per heavy atom. The third-order valence-electron chi connectivity index (χ3n) is 5.69. The predicted molar refractivity (Wildman–Crippen MR) is 145 cm³/mol. The number of aryl methyl sites for hydroxylation is 2. The Bertz CT molecular complexity index is 1560. The molecule has 0 unspecified atom stereocenters. The summed E-state index contributed by atoms with van der Waals surface area (Å²) in [5.41, 5.74) is 1.30. The maximum Gasteiger partial charge on any atom is 0.416 e. The van der Waals surface area contributed by atoms with Crippen LogP contribution in [0.3, 0.4) is 0 Å². The monoisotopic (exact) mass is 583 g/mol. The van der Waals surface area contributed by atoms with Crippen LogP contribution in [-0.4, -0.2) is 35.5 Å². The summed E-state index contributed by atoms with van der Waals surface area (Å²) in [7, 11) is -7.77. The quantitative estimate of drug-likeness (QED) is 0.336. The van der Waals surface area contributed by atoms with Crippen molar-refractivity contribution in [1.29, 1.82) is 0 Å². The van der Waals surface area contributed by atoms with E-state index in [9.17, 15) is 34.8 Å². The van der Waals surface area contributed by atoms with E-state index >= 15 is 0 Å². The number of hydrogen-bond acceptors (Lipinski definition) is 5. The zero-order valence-electron chi connectivity index (χ0n) is 21.4. The van der Waals surface area contributed by atoms with Crippen molar-refractivity contribution in [2.24, 2.45) is 0 Å². The van der Waals surface area contributed by atoms with Crippen molar-refractivity contribution in [3.63, 3.8) is 0 Å². The van der Waals surface area contributed by atoms with E-state index in [4.69, 9.17) is 0 Å². The van der Waals surface area contributed by atoms with Crippen molar-refractivity contribution in [2.45, 2.75) is 37.8 Å². The third-order valence-corrected chi connectivity index (χ3v) is 8.27. The van der Waals surface area contributed by atoms with Gasteiger partial charge in [-0.2, -0.15) is 13.2 Å². The summed E-state index contributed by atoms with van der Waals surface area (Å²) < 4.78 is 92.1. The van der Waals surface area contributed by atoms with Crippen molar-refractivity contribution < 1.29 is 34.8 Å². The highest BCUT2D eigenvalue weighted by Crippen LogP contribution is 2.31. The molecule has 13 heteroatoms. The number of nitrogens with zero attached hydrogens (tertiary/aromatic N) is 1. The Morgan fingerprint density at radius 1 is 0.897 bits per heavy atom. The number of benzene rings is 3. The zero-order valence-corrected chi connectivity index (χ0v) is 23.0. The van der Waals surface area contributed by atoms with Gasteiger partial charge in [-0.3, -0.25) is 13.8 Å². The van der Waals surface area contributed by atoms with Crippen LogP contribution in [-0.2, 0) is 31.0 Å².